The van der Waals surface area contributed by atoms with Crippen LogP contribution in [-0.2, 0) is 0 Å². The SMILES string of the molecule is O=c1ccnc(SS)[nH]1. The van der Waals surface area contributed by atoms with Crippen LogP contribution >= 0.6 is 22.5 Å². The van der Waals surface area contributed by atoms with Crippen LogP contribution in [0.25, 0.3) is 0 Å². The number of rotatable bonds is 1. The van der Waals surface area contributed by atoms with Crippen LogP contribution in [0.2, 0.25) is 0 Å². The number of nitrogens with one attached hydrogen (secondary N) is 1. The molecular weight excluding hydrogens is 156 g/mol. The molecule has 0 aliphatic rings. The second-order valence-corrected chi connectivity index (χ2v) is 2.45. The molecule has 0 unspecified atom stereocenters. The average Bonchev–Trinajstić information content (AvgIpc) is 1.88. The van der Waals surface area contributed by atoms with Crippen LogP contribution in [0.3, 0.4) is 0 Å². The minimum absolute atomic E-state index is 0.151. The highest BCUT2D eigenvalue weighted by atomic mass is 33.1. The molecule has 48 valence electrons. The fourth-order valence-corrected chi connectivity index (χ4v) is 0.931. The Hall–Kier alpha value is -0.420. The lowest BCUT2D eigenvalue weighted by Crippen LogP contribution is -2.04. The summed E-state index contributed by atoms with van der Waals surface area (Å²) >= 11 is 3.84. The number of thiol groups is 1. The van der Waals surface area contributed by atoms with E-state index in [1.165, 1.54) is 12.3 Å². The molecule has 0 radical (unpaired) electrons. The van der Waals surface area contributed by atoms with Crippen LogP contribution < -0.4 is 5.56 Å². The molecule has 1 aromatic heterocycles. The van der Waals surface area contributed by atoms with Gasteiger partial charge in [0.1, 0.15) is 0 Å². The van der Waals surface area contributed by atoms with Crippen LogP contribution in [0.5, 0.6) is 0 Å². The molecule has 0 atom stereocenters. The Morgan fingerprint density at radius 2 is 2.56 bits per heavy atom. The molecule has 0 spiro atoms. The van der Waals surface area contributed by atoms with E-state index < -0.39 is 0 Å². The van der Waals surface area contributed by atoms with E-state index in [4.69, 9.17) is 0 Å². The Morgan fingerprint density at radius 3 is 3.00 bits per heavy atom. The Bertz CT molecular complexity index is 246. The molecule has 3 nitrogen and oxygen atoms in total. The first kappa shape index (κ1) is 6.70. The molecule has 0 amide bonds. The zero-order chi connectivity index (χ0) is 6.69. The molecular formula is C4H4N2OS2. The Kier molecular flexibility index (Phi) is 2.18. The minimum atomic E-state index is -0.151. The third-order valence-electron chi connectivity index (χ3n) is 0.734. The Balaban J connectivity index is 3.08. The number of hydrogen-bond donors (Lipinski definition) is 2. The molecule has 0 aromatic carbocycles. The van der Waals surface area contributed by atoms with Crippen LogP contribution in [0.4, 0.5) is 0 Å². The Labute approximate surface area is 60.7 Å². The first-order valence-electron chi connectivity index (χ1n) is 2.19. The third-order valence-corrected chi connectivity index (χ3v) is 1.63. The van der Waals surface area contributed by atoms with E-state index in [9.17, 15) is 4.79 Å². The molecule has 1 aromatic rings. The quantitative estimate of drug-likeness (QED) is 0.361. The maximum atomic E-state index is 10.5. The van der Waals surface area contributed by atoms with Gasteiger partial charge in [-0.05, 0) is 10.8 Å². The predicted octanol–water partition coefficient (Wildman–Crippen LogP) is 0.707. The van der Waals surface area contributed by atoms with Gasteiger partial charge in [0.2, 0.25) is 0 Å². The molecule has 0 bridgehead atoms. The molecule has 1 N–H and O–H groups in total. The Morgan fingerprint density at radius 1 is 1.78 bits per heavy atom. The lowest BCUT2D eigenvalue weighted by molar-refractivity contribution is 0.942. The van der Waals surface area contributed by atoms with Gasteiger partial charge in [0.25, 0.3) is 5.56 Å². The van der Waals surface area contributed by atoms with E-state index in [0.29, 0.717) is 5.16 Å². The largest absolute Gasteiger partial charge is 0.301 e. The maximum Gasteiger partial charge on any atom is 0.251 e. The molecule has 9 heavy (non-hydrogen) atoms. The van der Waals surface area contributed by atoms with Crippen molar-refractivity contribution in [2.24, 2.45) is 0 Å². The van der Waals surface area contributed by atoms with E-state index in [1.807, 2.05) is 0 Å². The highest BCUT2D eigenvalue weighted by Gasteiger charge is 1.88. The van der Waals surface area contributed by atoms with E-state index in [0.717, 1.165) is 10.8 Å². The zero-order valence-corrected chi connectivity index (χ0v) is 6.08. The fraction of sp³-hybridized carbons (Fsp3) is 0. The molecule has 0 fully saturated rings. The number of aromatic nitrogens is 2. The second-order valence-electron chi connectivity index (χ2n) is 1.33. The van der Waals surface area contributed by atoms with E-state index in [1.54, 1.807) is 0 Å². The lowest BCUT2D eigenvalue weighted by Gasteiger charge is -1.88. The van der Waals surface area contributed by atoms with E-state index in [2.05, 4.69) is 21.6 Å². The van der Waals surface area contributed by atoms with Gasteiger partial charge in [0.15, 0.2) is 5.16 Å². The van der Waals surface area contributed by atoms with Gasteiger partial charge >= 0.3 is 0 Å². The van der Waals surface area contributed by atoms with Crippen LogP contribution in [0, 0.1) is 0 Å². The molecule has 5 heteroatoms. The van der Waals surface area contributed by atoms with Crippen molar-refractivity contribution in [2.45, 2.75) is 5.16 Å². The van der Waals surface area contributed by atoms with Crippen molar-refractivity contribution < 1.29 is 0 Å². The number of nitrogens with zero attached hydrogens (tertiary/aromatic N) is 1. The first-order valence-corrected chi connectivity index (χ1v) is 4.06. The molecule has 0 saturated carbocycles. The fourth-order valence-electron chi connectivity index (χ4n) is 0.398. The van der Waals surface area contributed by atoms with Crippen molar-refractivity contribution in [1.29, 1.82) is 0 Å². The van der Waals surface area contributed by atoms with Crippen LogP contribution in [0.15, 0.2) is 22.2 Å². The van der Waals surface area contributed by atoms with Gasteiger partial charge in [-0.25, -0.2) is 4.98 Å². The van der Waals surface area contributed by atoms with E-state index in [-0.39, 0.29) is 5.56 Å². The van der Waals surface area contributed by atoms with Crippen molar-refractivity contribution in [1.82, 2.24) is 9.97 Å². The second kappa shape index (κ2) is 2.93. The summed E-state index contributed by atoms with van der Waals surface area (Å²) in [5, 5.41) is 0.519. The van der Waals surface area contributed by atoms with E-state index >= 15 is 0 Å². The topological polar surface area (TPSA) is 45.8 Å². The summed E-state index contributed by atoms with van der Waals surface area (Å²) < 4.78 is 0. The minimum Gasteiger partial charge on any atom is -0.301 e. The van der Waals surface area contributed by atoms with Crippen molar-refractivity contribution in [3.63, 3.8) is 0 Å². The average molecular weight is 160 g/mol. The predicted molar refractivity (Wildman–Crippen MR) is 39.7 cm³/mol. The zero-order valence-electron chi connectivity index (χ0n) is 4.37. The van der Waals surface area contributed by atoms with Gasteiger partial charge in [-0.15, -0.1) is 11.7 Å². The first-order chi connectivity index (χ1) is 4.33. The highest BCUT2D eigenvalue weighted by molar-refractivity contribution is 8.68. The van der Waals surface area contributed by atoms with Gasteiger partial charge in [0, 0.05) is 12.3 Å². The maximum absolute atomic E-state index is 10.5. The standard InChI is InChI=1S/C4H4N2OS2/c7-3-1-2-5-4(6-3)9-8/h1-2,8H,(H,5,6,7). The number of aromatic amines is 1. The highest BCUT2D eigenvalue weighted by Crippen LogP contribution is 2.12. The number of H-pyrrole nitrogens is 1. The molecule has 1 rings (SSSR count). The summed E-state index contributed by atoms with van der Waals surface area (Å²) in [5.41, 5.74) is -0.151. The summed E-state index contributed by atoms with van der Waals surface area (Å²) in [6, 6.07) is 1.35. The van der Waals surface area contributed by atoms with Crippen LogP contribution in [0.1, 0.15) is 0 Å². The molecule has 0 saturated heterocycles. The normalized spacial score (nSPS) is 9.44. The van der Waals surface area contributed by atoms with Gasteiger partial charge in [-0.1, -0.05) is 0 Å². The molecule has 1 heterocycles. The summed E-state index contributed by atoms with van der Waals surface area (Å²) in [4.78, 5) is 16.8. The van der Waals surface area contributed by atoms with Gasteiger partial charge in [-0.3, -0.25) is 4.79 Å². The van der Waals surface area contributed by atoms with Crippen molar-refractivity contribution >= 4 is 22.5 Å². The van der Waals surface area contributed by atoms with Crippen molar-refractivity contribution in [2.75, 3.05) is 0 Å². The lowest BCUT2D eigenvalue weighted by atomic mass is 10.7. The van der Waals surface area contributed by atoms with Crippen molar-refractivity contribution in [3.8, 4) is 0 Å². The smallest absolute Gasteiger partial charge is 0.251 e. The monoisotopic (exact) mass is 160 g/mol. The molecule has 0 aliphatic heterocycles. The van der Waals surface area contributed by atoms with Gasteiger partial charge in [-0.2, -0.15) is 0 Å². The molecule has 0 aliphatic carbocycles. The van der Waals surface area contributed by atoms with Gasteiger partial charge < -0.3 is 4.98 Å². The van der Waals surface area contributed by atoms with Crippen LogP contribution in [-0.4, -0.2) is 9.97 Å². The summed E-state index contributed by atoms with van der Waals surface area (Å²) in [6.07, 6.45) is 1.44. The summed E-state index contributed by atoms with van der Waals surface area (Å²) in [5.74, 6) is 0. The summed E-state index contributed by atoms with van der Waals surface area (Å²) in [7, 11) is 1.11. The number of hydrogen-bond acceptors (Lipinski definition) is 4. The van der Waals surface area contributed by atoms with Crippen molar-refractivity contribution in [3.05, 3.63) is 22.6 Å². The van der Waals surface area contributed by atoms with Gasteiger partial charge in [0.05, 0.1) is 0 Å². The third kappa shape index (κ3) is 1.76. The summed E-state index contributed by atoms with van der Waals surface area (Å²) in [6.45, 7) is 0.